The Morgan fingerprint density at radius 2 is 2.07 bits per heavy atom. The topological polar surface area (TPSA) is 92.2 Å². The van der Waals surface area contributed by atoms with E-state index in [0.29, 0.717) is 24.9 Å². The van der Waals surface area contributed by atoms with E-state index in [0.717, 1.165) is 39.1 Å². The van der Waals surface area contributed by atoms with E-state index >= 15 is 0 Å². The molecule has 4 fully saturated rings. The van der Waals surface area contributed by atoms with Crippen LogP contribution in [-0.4, -0.2) is 93.4 Å². The van der Waals surface area contributed by atoms with Crippen LogP contribution in [0, 0.1) is 11.8 Å². The zero-order valence-electron chi connectivity index (χ0n) is 16.7. The number of morpholine rings is 1. The van der Waals surface area contributed by atoms with E-state index in [1.54, 1.807) is 18.3 Å². The third-order valence-electron chi connectivity index (χ3n) is 7.18. The molecule has 5 rings (SSSR count). The molecule has 8 nitrogen and oxygen atoms in total. The highest BCUT2D eigenvalue weighted by Crippen LogP contribution is 2.50. The third-order valence-corrected chi connectivity index (χ3v) is 8.30. The molecule has 2 bridgehead atoms. The molecule has 4 saturated heterocycles. The van der Waals surface area contributed by atoms with Crippen LogP contribution in [0.5, 0.6) is 0 Å². The lowest BCUT2D eigenvalue weighted by atomic mass is 9.83. The molecule has 1 N–H and O–H groups in total. The van der Waals surface area contributed by atoms with Crippen molar-refractivity contribution in [1.82, 2.24) is 9.88 Å². The molecule has 0 unspecified atom stereocenters. The van der Waals surface area contributed by atoms with Gasteiger partial charge in [0.15, 0.2) is 9.84 Å². The number of aliphatic hydroxyl groups excluding tert-OH is 1. The lowest BCUT2D eigenvalue weighted by molar-refractivity contribution is -0.128. The quantitative estimate of drug-likeness (QED) is 0.732. The first kappa shape index (κ1) is 19.7. The molecule has 0 saturated carbocycles. The average molecular weight is 424 g/mol. The van der Waals surface area contributed by atoms with Gasteiger partial charge in [0.2, 0.25) is 0 Å². The fourth-order valence-corrected chi connectivity index (χ4v) is 6.71. The van der Waals surface area contributed by atoms with E-state index in [-0.39, 0.29) is 35.0 Å². The van der Waals surface area contributed by atoms with Crippen LogP contribution in [0.15, 0.2) is 23.2 Å². The number of rotatable bonds is 4. The van der Waals surface area contributed by atoms with Crippen molar-refractivity contribution in [3.63, 3.8) is 0 Å². The number of anilines is 1. The van der Waals surface area contributed by atoms with Crippen molar-refractivity contribution < 1.29 is 23.0 Å². The molecule has 0 radical (unpaired) electrons. The van der Waals surface area contributed by atoms with E-state index in [9.17, 15) is 13.5 Å². The number of pyridine rings is 1. The van der Waals surface area contributed by atoms with Gasteiger partial charge in [-0.3, -0.25) is 4.90 Å². The predicted molar refractivity (Wildman–Crippen MR) is 107 cm³/mol. The van der Waals surface area contributed by atoms with E-state index in [2.05, 4.69) is 9.88 Å². The van der Waals surface area contributed by atoms with Crippen molar-refractivity contribution >= 4 is 15.7 Å². The largest absolute Gasteiger partial charge is 0.396 e. The molecule has 4 aliphatic rings. The van der Waals surface area contributed by atoms with Gasteiger partial charge in [-0.25, -0.2) is 13.4 Å². The van der Waals surface area contributed by atoms with Crippen LogP contribution in [0.3, 0.4) is 0 Å². The van der Waals surface area contributed by atoms with Crippen LogP contribution >= 0.6 is 0 Å². The SMILES string of the molecule is CS(=O)(=O)c1cccnc1N1C[C@@H]2[C@H](CO)[C@H]3CN(C4CCOCC4)C[C@]2(C1)O3. The van der Waals surface area contributed by atoms with Gasteiger partial charge >= 0.3 is 0 Å². The summed E-state index contributed by atoms with van der Waals surface area (Å²) in [7, 11) is -3.38. The third kappa shape index (κ3) is 3.27. The molecule has 29 heavy (non-hydrogen) atoms. The molecule has 1 aromatic rings. The van der Waals surface area contributed by atoms with Gasteiger partial charge in [0.1, 0.15) is 16.3 Å². The van der Waals surface area contributed by atoms with E-state index in [1.807, 2.05) is 4.90 Å². The molecular formula is C20H29N3O5S. The summed E-state index contributed by atoms with van der Waals surface area (Å²) in [5.41, 5.74) is -0.388. The summed E-state index contributed by atoms with van der Waals surface area (Å²) in [6, 6.07) is 3.76. The number of hydrogen-bond acceptors (Lipinski definition) is 8. The maximum absolute atomic E-state index is 12.3. The molecule has 0 amide bonds. The van der Waals surface area contributed by atoms with Crippen molar-refractivity contribution in [2.75, 3.05) is 57.2 Å². The van der Waals surface area contributed by atoms with Gasteiger partial charge < -0.3 is 19.5 Å². The number of fused-ring (bicyclic) bond motifs is 1. The Hall–Kier alpha value is -1.26. The first-order chi connectivity index (χ1) is 13.9. The van der Waals surface area contributed by atoms with Crippen molar-refractivity contribution in [2.24, 2.45) is 11.8 Å². The highest BCUT2D eigenvalue weighted by molar-refractivity contribution is 7.90. The van der Waals surface area contributed by atoms with Crippen LogP contribution in [0.2, 0.25) is 0 Å². The second kappa shape index (κ2) is 7.16. The van der Waals surface area contributed by atoms with E-state index < -0.39 is 9.84 Å². The summed E-state index contributed by atoms with van der Waals surface area (Å²) in [6.07, 6.45) is 4.94. The second-order valence-corrected chi connectivity index (χ2v) is 10.9. The Kier molecular flexibility index (Phi) is 4.86. The van der Waals surface area contributed by atoms with Crippen LogP contribution < -0.4 is 4.90 Å². The van der Waals surface area contributed by atoms with Gasteiger partial charge in [-0.2, -0.15) is 0 Å². The number of nitrogens with zero attached hydrogens (tertiary/aromatic N) is 3. The summed E-state index contributed by atoms with van der Waals surface area (Å²) in [6.45, 7) is 4.61. The fourth-order valence-electron chi connectivity index (χ4n) is 5.87. The van der Waals surface area contributed by atoms with Crippen molar-refractivity contribution in [2.45, 2.75) is 35.5 Å². The number of sulfone groups is 1. The molecule has 5 heterocycles. The van der Waals surface area contributed by atoms with Crippen molar-refractivity contribution in [1.29, 1.82) is 0 Å². The number of likely N-dealkylation sites (tertiary alicyclic amines) is 1. The minimum atomic E-state index is -3.38. The Balaban J connectivity index is 1.45. The molecular weight excluding hydrogens is 394 g/mol. The number of hydrogen-bond donors (Lipinski definition) is 1. The fraction of sp³-hybridized carbons (Fsp3) is 0.750. The smallest absolute Gasteiger partial charge is 0.179 e. The lowest BCUT2D eigenvalue weighted by Gasteiger charge is -2.45. The van der Waals surface area contributed by atoms with Crippen LogP contribution in [0.25, 0.3) is 0 Å². The maximum Gasteiger partial charge on any atom is 0.179 e. The van der Waals surface area contributed by atoms with E-state index in [1.165, 1.54) is 6.26 Å². The zero-order valence-corrected chi connectivity index (χ0v) is 17.6. The molecule has 0 aromatic carbocycles. The van der Waals surface area contributed by atoms with Crippen LogP contribution in [0.1, 0.15) is 12.8 Å². The predicted octanol–water partition coefficient (Wildman–Crippen LogP) is 0.162. The maximum atomic E-state index is 12.3. The summed E-state index contributed by atoms with van der Waals surface area (Å²) < 4.78 is 36.7. The second-order valence-electron chi connectivity index (χ2n) is 8.92. The Bertz CT molecular complexity index is 875. The Labute approximate surface area is 171 Å². The summed E-state index contributed by atoms with van der Waals surface area (Å²) in [5, 5.41) is 10.1. The van der Waals surface area contributed by atoms with Gasteiger partial charge in [0.25, 0.3) is 0 Å². The standard InChI is InChI=1S/C20H29N3O5S/c1-29(25,26)18-3-2-6-21-19(18)23-9-16-15(11-24)17-10-22(12-20(16,13-23)28-17)14-4-7-27-8-5-14/h2-3,6,14-17,24H,4-5,7-13H2,1H3/t15-,16+,17+,20+/m0/s1. The highest BCUT2D eigenvalue weighted by atomic mass is 32.2. The molecule has 4 aliphatic heterocycles. The molecule has 4 atom stereocenters. The normalized spacial score (nSPS) is 35.8. The Morgan fingerprint density at radius 1 is 1.28 bits per heavy atom. The number of aromatic nitrogens is 1. The van der Waals surface area contributed by atoms with Gasteiger partial charge in [-0.1, -0.05) is 0 Å². The first-order valence-electron chi connectivity index (χ1n) is 10.4. The summed E-state index contributed by atoms with van der Waals surface area (Å²) >= 11 is 0. The number of ether oxygens (including phenoxy) is 2. The van der Waals surface area contributed by atoms with E-state index in [4.69, 9.17) is 9.47 Å². The van der Waals surface area contributed by atoms with Gasteiger partial charge in [0, 0.05) is 69.8 Å². The van der Waals surface area contributed by atoms with Gasteiger partial charge in [-0.05, 0) is 25.0 Å². The van der Waals surface area contributed by atoms with Crippen LogP contribution in [0.4, 0.5) is 5.82 Å². The Morgan fingerprint density at radius 3 is 2.79 bits per heavy atom. The minimum Gasteiger partial charge on any atom is -0.396 e. The zero-order chi connectivity index (χ0) is 20.2. The monoisotopic (exact) mass is 423 g/mol. The highest BCUT2D eigenvalue weighted by Gasteiger charge is 2.63. The van der Waals surface area contributed by atoms with Crippen LogP contribution in [-0.2, 0) is 19.3 Å². The minimum absolute atomic E-state index is 0.0295. The first-order valence-corrected chi connectivity index (χ1v) is 12.3. The molecule has 1 spiro atoms. The van der Waals surface area contributed by atoms with Crippen molar-refractivity contribution in [3.05, 3.63) is 18.3 Å². The van der Waals surface area contributed by atoms with Gasteiger partial charge in [-0.15, -0.1) is 0 Å². The lowest BCUT2D eigenvalue weighted by Crippen LogP contribution is -2.57. The molecule has 9 heteroatoms. The molecule has 0 aliphatic carbocycles. The van der Waals surface area contributed by atoms with Crippen molar-refractivity contribution in [3.8, 4) is 0 Å². The summed E-state index contributed by atoms with van der Waals surface area (Å²) in [5.74, 6) is 0.728. The molecule has 160 valence electrons. The van der Waals surface area contributed by atoms with Gasteiger partial charge in [0.05, 0.1) is 12.6 Å². The molecule has 1 aromatic heterocycles. The number of aliphatic hydroxyl groups is 1. The average Bonchev–Trinajstić information content (AvgIpc) is 3.15. The summed E-state index contributed by atoms with van der Waals surface area (Å²) in [4.78, 5) is 9.25.